The van der Waals surface area contributed by atoms with E-state index in [1.165, 1.54) is 0 Å². The van der Waals surface area contributed by atoms with Crippen LogP contribution in [0.25, 0.3) is 11.1 Å². The van der Waals surface area contributed by atoms with E-state index in [4.69, 9.17) is 9.47 Å². The summed E-state index contributed by atoms with van der Waals surface area (Å²) < 4.78 is 12.8. The second-order valence-electron chi connectivity index (χ2n) is 10.5. The van der Waals surface area contributed by atoms with E-state index in [9.17, 15) is 15.0 Å². The first-order valence-electron chi connectivity index (χ1n) is 14.6. The lowest BCUT2D eigenvalue weighted by molar-refractivity contribution is -0.245. The fourth-order valence-electron chi connectivity index (χ4n) is 5.02. The maximum Gasteiger partial charge on any atom is 0.315 e. The Kier molecular flexibility index (Phi) is 11.2. The van der Waals surface area contributed by atoms with Gasteiger partial charge in [0.1, 0.15) is 0 Å². The molecule has 5 rings (SSSR count). The molecule has 1 heterocycles. The van der Waals surface area contributed by atoms with E-state index < -0.39 is 6.29 Å². The van der Waals surface area contributed by atoms with Crippen molar-refractivity contribution in [3.8, 4) is 11.1 Å². The van der Waals surface area contributed by atoms with Gasteiger partial charge in [0.2, 0.25) is 0 Å². The molecule has 1 aliphatic heterocycles. The van der Waals surface area contributed by atoms with E-state index in [0.29, 0.717) is 18.8 Å². The number of carbonyl (C=O) groups excluding carboxylic acids is 1. The van der Waals surface area contributed by atoms with Gasteiger partial charge in [0.05, 0.1) is 25.4 Å². The molecule has 0 radical (unpaired) electrons. The first-order chi connectivity index (χ1) is 21.1. The van der Waals surface area contributed by atoms with Crippen molar-refractivity contribution >= 4 is 17.8 Å². The molecule has 43 heavy (non-hydrogen) atoms. The van der Waals surface area contributed by atoms with Crippen LogP contribution in [-0.4, -0.2) is 40.5 Å². The Labute approximate surface area is 257 Å². The van der Waals surface area contributed by atoms with Crippen molar-refractivity contribution in [3.05, 3.63) is 131 Å². The van der Waals surface area contributed by atoms with Crippen LogP contribution in [0.3, 0.4) is 0 Å². The summed E-state index contributed by atoms with van der Waals surface area (Å²) >= 11 is 1.67. The average Bonchev–Trinajstić information content (AvgIpc) is 3.07. The standard InChI is InChI=1S/C35H38N2O5S/c38-17-18-43-24-32-20-33(29-11-9-26(23-39)10-12-29)42-34(41-32)30-15-13-28(14-16-30)31-8-4-7-27(19-31)22-37-35(40)36-21-25-5-2-1-3-6-25/h1-16,19,32-34,38-39H,17-18,20-24H2,(H2,36,37,40)/t32-,33+,34+/m1/s1. The number of urea groups is 1. The number of aliphatic hydroxyl groups is 2. The molecule has 4 aromatic rings. The molecule has 1 aliphatic rings. The Bertz CT molecular complexity index is 1430. The smallest absolute Gasteiger partial charge is 0.315 e. The van der Waals surface area contributed by atoms with Crippen molar-refractivity contribution in [2.75, 3.05) is 18.1 Å². The third-order valence-corrected chi connectivity index (χ3v) is 8.43. The number of hydrogen-bond acceptors (Lipinski definition) is 6. The van der Waals surface area contributed by atoms with Crippen LogP contribution in [0.1, 0.15) is 46.6 Å². The third kappa shape index (κ3) is 8.92. The zero-order valence-corrected chi connectivity index (χ0v) is 24.8. The van der Waals surface area contributed by atoms with E-state index in [1.54, 1.807) is 11.8 Å². The lowest BCUT2D eigenvalue weighted by atomic mass is 9.99. The fourth-order valence-corrected chi connectivity index (χ4v) is 5.79. The molecule has 7 nitrogen and oxygen atoms in total. The highest BCUT2D eigenvalue weighted by molar-refractivity contribution is 7.99. The van der Waals surface area contributed by atoms with Crippen LogP contribution in [0.4, 0.5) is 4.79 Å². The summed E-state index contributed by atoms with van der Waals surface area (Å²) in [6, 6.07) is 33.8. The SMILES string of the molecule is O=C(NCc1ccccc1)NCc1cccc(-c2ccc([C@H]3O[C@@H](CSCCO)C[C@@H](c4ccc(CO)cc4)O3)cc2)c1. The minimum absolute atomic E-state index is 0.00776. The summed E-state index contributed by atoms with van der Waals surface area (Å²) in [5, 5.41) is 24.5. The van der Waals surface area contributed by atoms with E-state index >= 15 is 0 Å². The molecular weight excluding hydrogens is 560 g/mol. The molecule has 2 amide bonds. The van der Waals surface area contributed by atoms with Crippen molar-refractivity contribution < 1.29 is 24.5 Å². The van der Waals surface area contributed by atoms with Gasteiger partial charge in [0.15, 0.2) is 6.29 Å². The molecule has 3 atom stereocenters. The second-order valence-corrected chi connectivity index (χ2v) is 11.6. The highest BCUT2D eigenvalue weighted by atomic mass is 32.2. The Morgan fingerprint density at radius 2 is 1.44 bits per heavy atom. The van der Waals surface area contributed by atoms with E-state index in [-0.39, 0.29) is 31.5 Å². The Morgan fingerprint density at radius 1 is 0.744 bits per heavy atom. The first kappa shape index (κ1) is 30.8. The molecule has 0 saturated carbocycles. The summed E-state index contributed by atoms with van der Waals surface area (Å²) in [6.45, 7) is 1.05. The first-order valence-corrected chi connectivity index (χ1v) is 15.7. The Morgan fingerprint density at radius 3 is 2.16 bits per heavy atom. The normalized spacial score (nSPS) is 18.2. The van der Waals surface area contributed by atoms with Gasteiger partial charge in [-0.05, 0) is 39.4 Å². The van der Waals surface area contributed by atoms with Gasteiger partial charge in [-0.2, -0.15) is 11.8 Å². The molecule has 8 heteroatoms. The predicted octanol–water partition coefficient (Wildman–Crippen LogP) is 6.12. The zero-order chi connectivity index (χ0) is 29.9. The average molecular weight is 599 g/mol. The zero-order valence-electron chi connectivity index (χ0n) is 24.0. The molecule has 0 spiro atoms. The minimum Gasteiger partial charge on any atom is -0.396 e. The van der Waals surface area contributed by atoms with Crippen molar-refractivity contribution in [1.29, 1.82) is 0 Å². The third-order valence-electron chi connectivity index (χ3n) is 7.35. The number of amides is 2. The van der Waals surface area contributed by atoms with Gasteiger partial charge in [-0.1, -0.05) is 97.1 Å². The van der Waals surface area contributed by atoms with Gasteiger partial charge in [-0.25, -0.2) is 4.79 Å². The lowest BCUT2D eigenvalue weighted by Crippen LogP contribution is -2.34. The summed E-state index contributed by atoms with van der Waals surface area (Å²) in [5.41, 5.74) is 7.03. The number of benzene rings is 4. The summed E-state index contributed by atoms with van der Waals surface area (Å²) in [4.78, 5) is 12.3. The van der Waals surface area contributed by atoms with Crippen molar-refractivity contribution in [1.82, 2.24) is 10.6 Å². The van der Waals surface area contributed by atoms with Crippen molar-refractivity contribution in [3.63, 3.8) is 0 Å². The predicted molar refractivity (Wildman–Crippen MR) is 170 cm³/mol. The number of ether oxygens (including phenoxy) is 2. The molecule has 0 aliphatic carbocycles. The van der Waals surface area contributed by atoms with Crippen LogP contribution in [0, 0.1) is 0 Å². The van der Waals surface area contributed by atoms with Crippen molar-refractivity contribution in [2.24, 2.45) is 0 Å². The van der Waals surface area contributed by atoms with Gasteiger partial charge in [0, 0.05) is 36.6 Å². The summed E-state index contributed by atoms with van der Waals surface area (Å²) in [6.07, 6.45) is 0.0397. The molecule has 4 N–H and O–H groups in total. The quantitative estimate of drug-likeness (QED) is 0.147. The fraction of sp³-hybridized carbons (Fsp3) is 0.286. The largest absolute Gasteiger partial charge is 0.396 e. The monoisotopic (exact) mass is 598 g/mol. The van der Waals surface area contributed by atoms with Crippen LogP contribution >= 0.6 is 11.8 Å². The molecule has 1 fully saturated rings. The van der Waals surface area contributed by atoms with Gasteiger partial charge < -0.3 is 30.3 Å². The number of carbonyl (C=O) groups is 1. The molecule has 1 saturated heterocycles. The summed E-state index contributed by atoms with van der Waals surface area (Å²) in [7, 11) is 0. The van der Waals surface area contributed by atoms with Crippen molar-refractivity contribution in [2.45, 2.75) is 44.6 Å². The van der Waals surface area contributed by atoms with E-state index in [0.717, 1.165) is 51.1 Å². The number of rotatable bonds is 12. The molecule has 0 bridgehead atoms. The van der Waals surface area contributed by atoms with Crippen LogP contribution in [0.2, 0.25) is 0 Å². The van der Waals surface area contributed by atoms with Crippen LogP contribution in [0.15, 0.2) is 103 Å². The molecule has 0 aromatic heterocycles. The van der Waals surface area contributed by atoms with Gasteiger partial charge >= 0.3 is 6.03 Å². The molecule has 0 unspecified atom stereocenters. The van der Waals surface area contributed by atoms with Gasteiger partial charge in [0.25, 0.3) is 0 Å². The van der Waals surface area contributed by atoms with Gasteiger partial charge in [-0.3, -0.25) is 0 Å². The number of thioether (sulfide) groups is 1. The molecular formula is C35H38N2O5S. The van der Waals surface area contributed by atoms with E-state index in [2.05, 4.69) is 34.9 Å². The number of nitrogens with one attached hydrogen (secondary N) is 2. The lowest BCUT2D eigenvalue weighted by Gasteiger charge is -2.36. The minimum atomic E-state index is -0.519. The highest BCUT2D eigenvalue weighted by Gasteiger charge is 2.32. The van der Waals surface area contributed by atoms with Crippen LogP contribution in [0.5, 0.6) is 0 Å². The summed E-state index contributed by atoms with van der Waals surface area (Å²) in [5.74, 6) is 1.44. The number of aliphatic hydroxyl groups excluding tert-OH is 2. The van der Waals surface area contributed by atoms with Gasteiger partial charge in [-0.15, -0.1) is 0 Å². The second kappa shape index (κ2) is 15.7. The van der Waals surface area contributed by atoms with Crippen LogP contribution in [-0.2, 0) is 29.2 Å². The van der Waals surface area contributed by atoms with Crippen LogP contribution < -0.4 is 10.6 Å². The Hall–Kier alpha value is -3.66. The topological polar surface area (TPSA) is 100 Å². The molecule has 224 valence electrons. The van der Waals surface area contributed by atoms with E-state index in [1.807, 2.05) is 78.9 Å². The Balaban J connectivity index is 1.22. The number of hydrogen-bond donors (Lipinski definition) is 4. The maximum absolute atomic E-state index is 12.3. The highest BCUT2D eigenvalue weighted by Crippen LogP contribution is 2.39. The molecule has 4 aromatic carbocycles. The maximum atomic E-state index is 12.3.